The van der Waals surface area contributed by atoms with Gasteiger partial charge in [0.1, 0.15) is 5.76 Å². The minimum atomic E-state index is 0.00386. The average Bonchev–Trinajstić information content (AvgIpc) is 2.84. The Morgan fingerprint density at radius 1 is 1.35 bits per heavy atom. The zero-order chi connectivity index (χ0) is 16.8. The maximum Gasteiger partial charge on any atom is 0.250 e. The molecule has 126 valence electrons. The van der Waals surface area contributed by atoms with Gasteiger partial charge >= 0.3 is 0 Å². The Balaban J connectivity index is 1.94. The zero-order valence-electron chi connectivity index (χ0n) is 14.3. The summed E-state index contributed by atoms with van der Waals surface area (Å²) < 4.78 is 11.9. The van der Waals surface area contributed by atoms with Crippen LogP contribution in [0.25, 0.3) is 0 Å². The first-order valence-electron chi connectivity index (χ1n) is 7.80. The summed E-state index contributed by atoms with van der Waals surface area (Å²) in [5, 5.41) is 3.98. The summed E-state index contributed by atoms with van der Waals surface area (Å²) in [7, 11) is 3.71. The van der Waals surface area contributed by atoms with Gasteiger partial charge in [-0.1, -0.05) is 11.2 Å². The summed E-state index contributed by atoms with van der Waals surface area (Å²) >= 11 is 0. The van der Waals surface area contributed by atoms with Crippen molar-refractivity contribution in [1.82, 2.24) is 14.6 Å². The lowest BCUT2D eigenvalue weighted by molar-refractivity contribution is 0.186. The van der Waals surface area contributed by atoms with Gasteiger partial charge < -0.3 is 18.7 Å². The van der Waals surface area contributed by atoms with Crippen molar-refractivity contribution in [1.29, 1.82) is 0 Å². The molecule has 2 aromatic rings. The van der Waals surface area contributed by atoms with Crippen LogP contribution >= 0.6 is 0 Å². The first kappa shape index (κ1) is 17.4. The Hall–Kier alpha value is -1.92. The quantitative estimate of drug-likeness (QED) is 0.742. The highest BCUT2D eigenvalue weighted by Gasteiger charge is 2.10. The van der Waals surface area contributed by atoms with Gasteiger partial charge in [0.05, 0.1) is 12.3 Å². The van der Waals surface area contributed by atoms with E-state index in [1.54, 1.807) is 17.7 Å². The second-order valence-corrected chi connectivity index (χ2v) is 5.85. The van der Waals surface area contributed by atoms with Crippen LogP contribution in [0.5, 0.6) is 0 Å². The van der Waals surface area contributed by atoms with Crippen molar-refractivity contribution in [3.63, 3.8) is 0 Å². The minimum absolute atomic E-state index is 0.00386. The zero-order valence-corrected chi connectivity index (χ0v) is 14.3. The average molecular weight is 319 g/mol. The Morgan fingerprint density at radius 3 is 2.78 bits per heavy atom. The van der Waals surface area contributed by atoms with Crippen molar-refractivity contribution < 1.29 is 9.26 Å². The van der Waals surface area contributed by atoms with Gasteiger partial charge in [-0.3, -0.25) is 4.79 Å². The van der Waals surface area contributed by atoms with E-state index in [0.717, 1.165) is 36.5 Å². The van der Waals surface area contributed by atoms with Crippen molar-refractivity contribution in [3.05, 3.63) is 51.3 Å². The second kappa shape index (κ2) is 8.08. The summed E-state index contributed by atoms with van der Waals surface area (Å²) in [6.45, 7) is 6.71. The third-order valence-corrected chi connectivity index (χ3v) is 3.96. The maximum absolute atomic E-state index is 11.8. The number of aromatic nitrogens is 2. The molecule has 0 N–H and O–H groups in total. The molecule has 0 unspecified atom stereocenters. The van der Waals surface area contributed by atoms with Gasteiger partial charge in [-0.25, -0.2) is 0 Å². The third-order valence-electron chi connectivity index (χ3n) is 3.96. The Bertz CT molecular complexity index is 671. The Kier molecular flexibility index (Phi) is 6.12. The van der Waals surface area contributed by atoms with E-state index < -0.39 is 0 Å². The number of aryl methyl sites for hydroxylation is 2. The number of methoxy groups -OCH3 is 1. The van der Waals surface area contributed by atoms with E-state index in [2.05, 4.69) is 17.1 Å². The fraction of sp³-hybridized carbons (Fsp3) is 0.529. The molecule has 0 amide bonds. The molecule has 0 saturated carbocycles. The summed E-state index contributed by atoms with van der Waals surface area (Å²) in [4.78, 5) is 14.0. The first-order chi connectivity index (χ1) is 11.0. The van der Waals surface area contributed by atoms with Crippen LogP contribution in [-0.2, 0) is 24.2 Å². The smallest absolute Gasteiger partial charge is 0.250 e. The maximum atomic E-state index is 11.8. The number of likely N-dealkylation sites (N-methyl/N-ethyl adjacent to an activating group) is 1. The van der Waals surface area contributed by atoms with Gasteiger partial charge in [0.15, 0.2) is 0 Å². The molecule has 0 aromatic carbocycles. The first-order valence-corrected chi connectivity index (χ1v) is 7.80. The van der Waals surface area contributed by atoms with E-state index in [9.17, 15) is 4.79 Å². The van der Waals surface area contributed by atoms with Gasteiger partial charge in [0, 0.05) is 44.6 Å². The van der Waals surface area contributed by atoms with Crippen LogP contribution < -0.4 is 5.56 Å². The molecule has 0 fully saturated rings. The largest absolute Gasteiger partial charge is 0.383 e. The lowest BCUT2D eigenvalue weighted by atomic mass is 10.1. The van der Waals surface area contributed by atoms with Gasteiger partial charge in [0.2, 0.25) is 0 Å². The number of ether oxygens (including phenoxy) is 1. The van der Waals surface area contributed by atoms with Gasteiger partial charge in [-0.05, 0) is 32.9 Å². The van der Waals surface area contributed by atoms with Crippen molar-refractivity contribution in [2.75, 3.05) is 27.3 Å². The van der Waals surface area contributed by atoms with E-state index in [1.807, 2.05) is 26.1 Å². The summed E-state index contributed by atoms with van der Waals surface area (Å²) in [5.74, 6) is 0.893. The molecule has 0 aliphatic heterocycles. The number of rotatable bonds is 8. The van der Waals surface area contributed by atoms with E-state index in [1.165, 1.54) is 5.56 Å². The molecule has 0 aliphatic rings. The van der Waals surface area contributed by atoms with Crippen LogP contribution in [0.4, 0.5) is 0 Å². The van der Waals surface area contributed by atoms with E-state index >= 15 is 0 Å². The Labute approximate surface area is 136 Å². The molecule has 0 bridgehead atoms. The highest BCUT2D eigenvalue weighted by molar-refractivity contribution is 5.21. The predicted molar refractivity (Wildman–Crippen MR) is 88.6 cm³/mol. The van der Waals surface area contributed by atoms with Gasteiger partial charge in [-0.15, -0.1) is 0 Å². The van der Waals surface area contributed by atoms with Crippen LogP contribution in [0.3, 0.4) is 0 Å². The molecule has 6 nitrogen and oxygen atoms in total. The summed E-state index contributed by atoms with van der Waals surface area (Å²) in [5.41, 5.74) is 3.26. The van der Waals surface area contributed by atoms with Crippen LogP contribution in [0.1, 0.15) is 22.6 Å². The van der Waals surface area contributed by atoms with E-state index in [-0.39, 0.29) is 5.56 Å². The van der Waals surface area contributed by atoms with E-state index in [0.29, 0.717) is 13.2 Å². The lowest BCUT2D eigenvalue weighted by Gasteiger charge is -2.17. The number of hydrogen-bond donors (Lipinski definition) is 0. The topological polar surface area (TPSA) is 60.5 Å². The summed E-state index contributed by atoms with van der Waals surface area (Å²) in [6.07, 6.45) is 2.81. The predicted octanol–water partition coefficient (Wildman–Crippen LogP) is 1.77. The van der Waals surface area contributed by atoms with Crippen LogP contribution in [0.15, 0.2) is 27.6 Å². The molecule has 0 aliphatic carbocycles. The second-order valence-electron chi connectivity index (χ2n) is 5.85. The number of pyridine rings is 1. The molecule has 0 spiro atoms. The van der Waals surface area contributed by atoms with Crippen LogP contribution in [0.2, 0.25) is 0 Å². The molecule has 0 radical (unpaired) electrons. The molecule has 2 rings (SSSR count). The number of hydrogen-bond acceptors (Lipinski definition) is 5. The van der Waals surface area contributed by atoms with Crippen molar-refractivity contribution >= 4 is 0 Å². The van der Waals surface area contributed by atoms with Crippen LogP contribution in [-0.4, -0.2) is 41.9 Å². The molecular weight excluding hydrogens is 294 g/mol. The molecule has 2 aromatic heterocycles. The molecular formula is C17H25N3O3. The standard InChI is InChI=1S/C17H25N3O3/c1-13-16(14(2)23-18-13)7-8-19(3)11-15-5-6-17(21)20(12-15)9-10-22-4/h5-6,12H,7-11H2,1-4H3. The van der Waals surface area contributed by atoms with Gasteiger partial charge in [0.25, 0.3) is 5.56 Å². The molecule has 6 heteroatoms. The fourth-order valence-corrected chi connectivity index (χ4v) is 2.59. The highest BCUT2D eigenvalue weighted by Crippen LogP contribution is 2.13. The number of nitrogens with zero attached hydrogens (tertiary/aromatic N) is 3. The van der Waals surface area contributed by atoms with Gasteiger partial charge in [-0.2, -0.15) is 0 Å². The van der Waals surface area contributed by atoms with E-state index in [4.69, 9.17) is 9.26 Å². The highest BCUT2D eigenvalue weighted by atomic mass is 16.5. The summed E-state index contributed by atoms with van der Waals surface area (Å²) in [6, 6.07) is 3.51. The fourth-order valence-electron chi connectivity index (χ4n) is 2.59. The molecule has 0 atom stereocenters. The minimum Gasteiger partial charge on any atom is -0.383 e. The molecule has 0 saturated heterocycles. The van der Waals surface area contributed by atoms with Crippen molar-refractivity contribution in [3.8, 4) is 0 Å². The SMILES string of the molecule is COCCn1cc(CN(C)CCc2c(C)noc2C)ccc1=O. The molecule has 2 heterocycles. The molecule has 23 heavy (non-hydrogen) atoms. The lowest BCUT2D eigenvalue weighted by Crippen LogP contribution is -2.25. The van der Waals surface area contributed by atoms with Crippen LogP contribution in [0, 0.1) is 13.8 Å². The normalized spacial score (nSPS) is 11.3. The monoisotopic (exact) mass is 319 g/mol. The van der Waals surface area contributed by atoms with Crippen molar-refractivity contribution in [2.24, 2.45) is 0 Å². The Morgan fingerprint density at radius 2 is 2.13 bits per heavy atom. The third kappa shape index (κ3) is 4.77. The van der Waals surface area contributed by atoms with Crippen molar-refractivity contribution in [2.45, 2.75) is 33.4 Å².